The topological polar surface area (TPSA) is 68.5 Å². The molecule has 1 aliphatic rings. The van der Waals surface area contributed by atoms with Gasteiger partial charge in [0.2, 0.25) is 5.91 Å². The lowest BCUT2D eigenvalue weighted by atomic mass is 10.1. The largest absolute Gasteiger partial charge is 0.497 e. The smallest absolute Gasteiger partial charge is 0.258 e. The van der Waals surface area contributed by atoms with Gasteiger partial charge >= 0.3 is 0 Å². The molecule has 0 spiro atoms. The van der Waals surface area contributed by atoms with Gasteiger partial charge < -0.3 is 14.2 Å². The minimum Gasteiger partial charge on any atom is -0.497 e. The fraction of sp³-hybridized carbons (Fsp3) is 0.211. The molecule has 1 fully saturated rings. The molecule has 138 valence electrons. The standard InChI is InChI=1S/C19H15ClFN3O3/c1-26-14-4-2-3-11(7-14)19-22-18(23-27-19)12-8-17(25)24(10-12)16-6-5-13(21)9-15(16)20/h2-7,9,12H,8,10H2,1H3. The number of rotatable bonds is 4. The first-order chi connectivity index (χ1) is 13.0. The fourth-order valence-electron chi connectivity index (χ4n) is 3.09. The van der Waals surface area contributed by atoms with Crippen LogP contribution in [0.15, 0.2) is 47.0 Å². The van der Waals surface area contributed by atoms with Gasteiger partial charge in [0.25, 0.3) is 5.89 Å². The molecule has 2 aromatic carbocycles. The Labute approximate surface area is 159 Å². The summed E-state index contributed by atoms with van der Waals surface area (Å²) in [5.41, 5.74) is 1.21. The van der Waals surface area contributed by atoms with Crippen molar-refractivity contribution >= 4 is 23.2 Å². The number of halogens is 2. The predicted molar refractivity (Wildman–Crippen MR) is 97.4 cm³/mol. The highest BCUT2D eigenvalue weighted by Crippen LogP contribution is 2.35. The Bertz CT molecular complexity index is 1010. The summed E-state index contributed by atoms with van der Waals surface area (Å²) in [5.74, 6) is 0.674. The third kappa shape index (κ3) is 3.38. The summed E-state index contributed by atoms with van der Waals surface area (Å²) in [4.78, 5) is 18.4. The van der Waals surface area contributed by atoms with Gasteiger partial charge in [0, 0.05) is 24.4 Å². The van der Waals surface area contributed by atoms with E-state index < -0.39 is 5.82 Å². The molecule has 8 heteroatoms. The monoisotopic (exact) mass is 387 g/mol. The predicted octanol–water partition coefficient (Wildman–Crippen LogP) is 4.06. The maximum absolute atomic E-state index is 13.3. The van der Waals surface area contributed by atoms with Crippen molar-refractivity contribution < 1.29 is 18.4 Å². The zero-order valence-electron chi connectivity index (χ0n) is 14.4. The van der Waals surface area contributed by atoms with Gasteiger partial charge in [0.05, 0.1) is 17.8 Å². The molecular formula is C19H15ClFN3O3. The van der Waals surface area contributed by atoms with Crippen LogP contribution in [0.2, 0.25) is 5.02 Å². The fourth-order valence-corrected chi connectivity index (χ4v) is 3.36. The van der Waals surface area contributed by atoms with E-state index in [1.54, 1.807) is 13.2 Å². The summed E-state index contributed by atoms with van der Waals surface area (Å²) in [5, 5.41) is 4.22. The van der Waals surface area contributed by atoms with Crippen molar-refractivity contribution in [3.8, 4) is 17.2 Å². The first-order valence-electron chi connectivity index (χ1n) is 8.28. The third-order valence-electron chi connectivity index (χ3n) is 4.45. The second-order valence-corrected chi connectivity index (χ2v) is 6.60. The van der Waals surface area contributed by atoms with E-state index in [1.165, 1.54) is 23.1 Å². The van der Waals surface area contributed by atoms with Gasteiger partial charge in [-0.15, -0.1) is 0 Å². The van der Waals surface area contributed by atoms with Crippen LogP contribution in [0.25, 0.3) is 11.5 Å². The molecule has 1 aliphatic heterocycles. The maximum Gasteiger partial charge on any atom is 0.258 e. The van der Waals surface area contributed by atoms with Crippen LogP contribution < -0.4 is 9.64 Å². The summed E-state index contributed by atoms with van der Waals surface area (Å²) < 4.78 is 23.8. The van der Waals surface area contributed by atoms with Crippen LogP contribution in [-0.2, 0) is 4.79 Å². The molecule has 1 amide bonds. The number of hydrogen-bond donors (Lipinski definition) is 0. The lowest BCUT2D eigenvalue weighted by molar-refractivity contribution is -0.117. The highest BCUT2D eigenvalue weighted by Gasteiger charge is 2.35. The second-order valence-electron chi connectivity index (χ2n) is 6.19. The van der Waals surface area contributed by atoms with Crippen molar-refractivity contribution in [2.45, 2.75) is 12.3 Å². The molecule has 1 unspecified atom stereocenters. The minimum absolute atomic E-state index is 0.124. The molecule has 1 atom stereocenters. The molecule has 0 aliphatic carbocycles. The molecule has 6 nitrogen and oxygen atoms in total. The molecule has 1 saturated heterocycles. The van der Waals surface area contributed by atoms with Crippen LogP contribution >= 0.6 is 11.6 Å². The molecule has 1 aromatic heterocycles. The molecular weight excluding hydrogens is 373 g/mol. The second kappa shape index (κ2) is 7.00. The van der Waals surface area contributed by atoms with Crippen LogP contribution in [0.1, 0.15) is 18.2 Å². The molecule has 0 bridgehead atoms. The summed E-state index contributed by atoms with van der Waals surface area (Å²) in [6, 6.07) is 11.2. The Morgan fingerprint density at radius 3 is 2.93 bits per heavy atom. The van der Waals surface area contributed by atoms with Crippen LogP contribution in [0.5, 0.6) is 5.75 Å². The lowest BCUT2D eigenvalue weighted by Gasteiger charge is -2.17. The van der Waals surface area contributed by atoms with Crippen molar-refractivity contribution in [2.24, 2.45) is 0 Å². The van der Waals surface area contributed by atoms with Crippen molar-refractivity contribution in [2.75, 3.05) is 18.6 Å². The van der Waals surface area contributed by atoms with Crippen LogP contribution in [0, 0.1) is 5.82 Å². The number of aromatic nitrogens is 2. The van der Waals surface area contributed by atoms with Crippen LogP contribution in [0.4, 0.5) is 10.1 Å². The van der Waals surface area contributed by atoms with Crippen molar-refractivity contribution in [1.82, 2.24) is 10.1 Å². The normalized spacial score (nSPS) is 16.8. The van der Waals surface area contributed by atoms with Gasteiger partial charge in [-0.25, -0.2) is 4.39 Å². The number of amides is 1. The average Bonchev–Trinajstić information content (AvgIpc) is 3.29. The van der Waals surface area contributed by atoms with E-state index in [4.69, 9.17) is 20.9 Å². The van der Waals surface area contributed by atoms with Gasteiger partial charge in [0.1, 0.15) is 11.6 Å². The van der Waals surface area contributed by atoms with Crippen molar-refractivity contribution in [1.29, 1.82) is 0 Å². The number of nitrogens with zero attached hydrogens (tertiary/aromatic N) is 3. The van der Waals surface area contributed by atoms with Gasteiger partial charge in [-0.1, -0.05) is 22.8 Å². The van der Waals surface area contributed by atoms with E-state index in [-0.39, 0.29) is 23.3 Å². The molecule has 0 saturated carbocycles. The molecule has 0 radical (unpaired) electrons. The number of anilines is 1. The average molecular weight is 388 g/mol. The number of carbonyl (C=O) groups is 1. The number of ether oxygens (including phenoxy) is 1. The van der Waals surface area contributed by atoms with Crippen LogP contribution in [0.3, 0.4) is 0 Å². The number of benzene rings is 2. The third-order valence-corrected chi connectivity index (χ3v) is 4.75. The Balaban J connectivity index is 1.57. The van der Waals surface area contributed by atoms with Gasteiger partial charge in [-0.2, -0.15) is 4.98 Å². The highest BCUT2D eigenvalue weighted by atomic mass is 35.5. The summed E-state index contributed by atoms with van der Waals surface area (Å²) >= 11 is 6.09. The van der Waals surface area contributed by atoms with E-state index in [9.17, 15) is 9.18 Å². The maximum atomic E-state index is 13.3. The zero-order valence-corrected chi connectivity index (χ0v) is 15.1. The Kier molecular flexibility index (Phi) is 4.53. The number of hydrogen-bond acceptors (Lipinski definition) is 5. The molecule has 2 heterocycles. The zero-order chi connectivity index (χ0) is 19.0. The molecule has 27 heavy (non-hydrogen) atoms. The quantitative estimate of drug-likeness (QED) is 0.675. The minimum atomic E-state index is -0.451. The van der Waals surface area contributed by atoms with E-state index in [1.807, 2.05) is 18.2 Å². The van der Waals surface area contributed by atoms with Gasteiger partial charge in [0.15, 0.2) is 5.82 Å². The molecule has 3 aromatic rings. The first kappa shape index (κ1) is 17.5. The van der Waals surface area contributed by atoms with Gasteiger partial charge in [-0.3, -0.25) is 4.79 Å². The number of methoxy groups -OCH3 is 1. The molecule has 0 N–H and O–H groups in total. The molecule has 4 rings (SSSR count). The van der Waals surface area contributed by atoms with E-state index in [2.05, 4.69) is 10.1 Å². The van der Waals surface area contributed by atoms with Gasteiger partial charge in [-0.05, 0) is 36.4 Å². The SMILES string of the molecule is COc1cccc(-c2nc(C3CC(=O)N(c4ccc(F)cc4Cl)C3)no2)c1. The van der Waals surface area contributed by atoms with E-state index >= 15 is 0 Å². The lowest BCUT2D eigenvalue weighted by Crippen LogP contribution is -2.24. The van der Waals surface area contributed by atoms with E-state index in [0.717, 1.165) is 5.56 Å². The number of carbonyl (C=O) groups excluding carboxylic acids is 1. The van der Waals surface area contributed by atoms with Crippen molar-refractivity contribution in [3.63, 3.8) is 0 Å². The van der Waals surface area contributed by atoms with Crippen molar-refractivity contribution in [3.05, 3.63) is 59.1 Å². The summed E-state index contributed by atoms with van der Waals surface area (Å²) in [6.07, 6.45) is 0.227. The highest BCUT2D eigenvalue weighted by molar-refractivity contribution is 6.33. The Morgan fingerprint density at radius 2 is 2.15 bits per heavy atom. The van der Waals surface area contributed by atoms with E-state index in [0.29, 0.717) is 29.7 Å². The Morgan fingerprint density at radius 1 is 1.30 bits per heavy atom. The summed E-state index contributed by atoms with van der Waals surface area (Å²) in [7, 11) is 1.58. The Hall–Kier alpha value is -2.93. The van der Waals surface area contributed by atoms with Crippen LogP contribution in [-0.4, -0.2) is 29.7 Å². The first-order valence-corrected chi connectivity index (χ1v) is 8.66. The summed E-state index contributed by atoms with van der Waals surface area (Å²) in [6.45, 7) is 0.348.